The summed E-state index contributed by atoms with van der Waals surface area (Å²) in [6.45, 7) is 4.26. The Balaban J connectivity index is 1.55. The highest BCUT2D eigenvalue weighted by atomic mass is 16.5. The van der Waals surface area contributed by atoms with Crippen molar-refractivity contribution in [1.29, 1.82) is 0 Å². The number of aryl methyl sites for hydroxylation is 1. The van der Waals surface area contributed by atoms with E-state index in [0.29, 0.717) is 6.42 Å². The molecule has 0 radical (unpaired) electrons. The maximum atomic E-state index is 12.8. The molecule has 0 bridgehead atoms. The molecule has 4 rings (SSSR count). The van der Waals surface area contributed by atoms with Crippen molar-refractivity contribution in [3.63, 3.8) is 0 Å². The van der Waals surface area contributed by atoms with Gasteiger partial charge in [0.05, 0.1) is 13.7 Å². The van der Waals surface area contributed by atoms with Gasteiger partial charge in [-0.25, -0.2) is 4.79 Å². The van der Waals surface area contributed by atoms with Gasteiger partial charge in [0, 0.05) is 23.5 Å². The van der Waals surface area contributed by atoms with E-state index >= 15 is 0 Å². The molecule has 0 N–H and O–H groups in total. The van der Waals surface area contributed by atoms with Crippen LogP contribution in [-0.2, 0) is 17.8 Å². The predicted molar refractivity (Wildman–Crippen MR) is 115 cm³/mol. The van der Waals surface area contributed by atoms with Crippen molar-refractivity contribution in [2.75, 3.05) is 7.11 Å². The van der Waals surface area contributed by atoms with Gasteiger partial charge >= 0.3 is 6.03 Å². The molecule has 1 aromatic heterocycles. The largest absolute Gasteiger partial charge is 0.497 e. The predicted octanol–water partition coefficient (Wildman–Crippen LogP) is 4.25. The Morgan fingerprint density at radius 2 is 1.67 bits per heavy atom. The molecule has 30 heavy (non-hydrogen) atoms. The second-order valence-corrected chi connectivity index (χ2v) is 7.32. The summed E-state index contributed by atoms with van der Waals surface area (Å²) < 4.78 is 7.36. The van der Waals surface area contributed by atoms with Crippen LogP contribution in [0.3, 0.4) is 0 Å². The topological polar surface area (TPSA) is 63.9 Å². The van der Waals surface area contributed by atoms with Gasteiger partial charge in [0.25, 0.3) is 5.91 Å². The van der Waals surface area contributed by atoms with Gasteiger partial charge in [0.1, 0.15) is 11.5 Å². The normalized spacial score (nSPS) is 13.7. The fraction of sp³-hybridized carbons (Fsp3) is 0.208. The zero-order valence-corrected chi connectivity index (χ0v) is 17.3. The zero-order valence-electron chi connectivity index (χ0n) is 17.3. The van der Waals surface area contributed by atoms with Crippen molar-refractivity contribution >= 4 is 17.6 Å². The molecule has 0 saturated heterocycles. The summed E-state index contributed by atoms with van der Waals surface area (Å²) >= 11 is 0. The van der Waals surface area contributed by atoms with E-state index in [2.05, 4.69) is 9.56 Å². The number of rotatable bonds is 6. The molecule has 0 spiro atoms. The molecule has 152 valence electrons. The van der Waals surface area contributed by atoms with Gasteiger partial charge in [-0.2, -0.15) is 4.99 Å². The Kier molecular flexibility index (Phi) is 5.23. The summed E-state index contributed by atoms with van der Waals surface area (Å²) in [5.41, 5.74) is 5.23. The lowest BCUT2D eigenvalue weighted by Crippen LogP contribution is -2.32. The van der Waals surface area contributed by atoms with Crippen LogP contribution < -0.4 is 4.74 Å². The first kappa shape index (κ1) is 19.6. The summed E-state index contributed by atoms with van der Waals surface area (Å²) in [4.78, 5) is 30.4. The second kappa shape index (κ2) is 7.99. The highest BCUT2D eigenvalue weighted by molar-refractivity contribution is 6.46. The minimum absolute atomic E-state index is 0.233. The van der Waals surface area contributed by atoms with Crippen LogP contribution in [0.2, 0.25) is 0 Å². The summed E-state index contributed by atoms with van der Waals surface area (Å²) in [7, 11) is 1.64. The second-order valence-electron chi connectivity index (χ2n) is 7.32. The molecular formula is C24H23N3O3. The molecule has 0 fully saturated rings. The molecule has 1 aliphatic rings. The number of hydrogen-bond donors (Lipinski definition) is 0. The average molecular weight is 401 g/mol. The molecule has 6 heteroatoms. The van der Waals surface area contributed by atoms with Crippen LogP contribution in [0.4, 0.5) is 4.79 Å². The Morgan fingerprint density at radius 1 is 0.967 bits per heavy atom. The fourth-order valence-corrected chi connectivity index (χ4v) is 3.80. The number of ether oxygens (including phenoxy) is 1. The highest BCUT2D eigenvalue weighted by Crippen LogP contribution is 2.24. The number of imide groups is 1. The van der Waals surface area contributed by atoms with E-state index in [0.717, 1.165) is 34.0 Å². The van der Waals surface area contributed by atoms with Crippen molar-refractivity contribution in [1.82, 2.24) is 9.47 Å². The van der Waals surface area contributed by atoms with Gasteiger partial charge in [-0.1, -0.05) is 30.3 Å². The van der Waals surface area contributed by atoms with Crippen LogP contribution in [0.5, 0.6) is 5.75 Å². The van der Waals surface area contributed by atoms with Crippen LogP contribution in [0.1, 0.15) is 22.5 Å². The number of benzene rings is 2. The third kappa shape index (κ3) is 3.64. The quantitative estimate of drug-likeness (QED) is 0.620. The monoisotopic (exact) mass is 401 g/mol. The lowest BCUT2D eigenvalue weighted by molar-refractivity contribution is -0.121. The molecule has 2 heterocycles. The fourth-order valence-electron chi connectivity index (χ4n) is 3.80. The number of carbonyl (C=O) groups is 2. The number of hydrogen-bond acceptors (Lipinski definition) is 3. The van der Waals surface area contributed by atoms with Crippen LogP contribution in [0.25, 0.3) is 5.69 Å². The molecule has 3 aromatic rings. The number of methoxy groups -OCH3 is 1. The van der Waals surface area contributed by atoms with E-state index in [4.69, 9.17) is 4.74 Å². The van der Waals surface area contributed by atoms with Crippen molar-refractivity contribution in [2.24, 2.45) is 4.99 Å². The molecule has 3 amide bonds. The standard InChI is InChI=1S/C24H23N3O3/c1-16-13-19(17(2)27(16)20-9-11-21(30-3)12-10-20)14-22-23(28)26(24(29)25-22)15-18-7-5-4-6-8-18/h4-13H,14-15H2,1-3H3. The van der Waals surface area contributed by atoms with Gasteiger partial charge in [-0.15, -0.1) is 0 Å². The molecule has 1 aliphatic heterocycles. The van der Waals surface area contributed by atoms with E-state index in [1.54, 1.807) is 7.11 Å². The molecular weight excluding hydrogens is 378 g/mol. The maximum Gasteiger partial charge on any atom is 0.351 e. The molecule has 2 aromatic carbocycles. The third-order valence-electron chi connectivity index (χ3n) is 5.36. The number of aromatic nitrogens is 1. The molecule has 0 atom stereocenters. The summed E-state index contributed by atoms with van der Waals surface area (Å²) in [6, 6.07) is 18.8. The minimum atomic E-state index is -0.497. The SMILES string of the molecule is COc1ccc(-n2c(C)cc(CC3=NC(=O)N(Cc4ccccc4)C3=O)c2C)cc1. The third-order valence-corrected chi connectivity index (χ3v) is 5.36. The number of urea groups is 1. The van der Waals surface area contributed by atoms with Gasteiger partial charge < -0.3 is 9.30 Å². The van der Waals surface area contributed by atoms with Crippen LogP contribution in [0.15, 0.2) is 65.7 Å². The summed E-state index contributed by atoms with van der Waals surface area (Å²) in [5, 5.41) is 0. The Labute approximate surface area is 175 Å². The first-order valence-electron chi connectivity index (χ1n) is 9.77. The van der Waals surface area contributed by atoms with E-state index in [9.17, 15) is 9.59 Å². The molecule has 0 unspecified atom stereocenters. The number of amides is 3. The van der Waals surface area contributed by atoms with E-state index in [-0.39, 0.29) is 18.2 Å². The Hall–Kier alpha value is -3.67. The molecule has 6 nitrogen and oxygen atoms in total. The van der Waals surface area contributed by atoms with Gasteiger partial charge in [-0.05, 0) is 55.3 Å². The van der Waals surface area contributed by atoms with Crippen LogP contribution in [-0.4, -0.2) is 34.2 Å². The van der Waals surface area contributed by atoms with Gasteiger partial charge in [-0.3, -0.25) is 9.69 Å². The maximum absolute atomic E-state index is 12.8. The Bertz CT molecular complexity index is 1130. The van der Waals surface area contributed by atoms with E-state index in [1.807, 2.05) is 74.5 Å². The van der Waals surface area contributed by atoms with Crippen molar-refractivity contribution in [3.05, 3.63) is 83.2 Å². The lowest BCUT2D eigenvalue weighted by Gasteiger charge is -2.13. The van der Waals surface area contributed by atoms with Crippen LogP contribution in [0, 0.1) is 13.8 Å². The smallest absolute Gasteiger partial charge is 0.351 e. The van der Waals surface area contributed by atoms with Crippen LogP contribution >= 0.6 is 0 Å². The molecule has 0 aliphatic carbocycles. The number of carbonyl (C=O) groups excluding carboxylic acids is 2. The summed E-state index contributed by atoms with van der Waals surface area (Å²) in [6.07, 6.45) is 0.325. The lowest BCUT2D eigenvalue weighted by atomic mass is 10.1. The first-order valence-corrected chi connectivity index (χ1v) is 9.77. The highest BCUT2D eigenvalue weighted by Gasteiger charge is 2.33. The van der Waals surface area contributed by atoms with Crippen molar-refractivity contribution in [3.8, 4) is 11.4 Å². The minimum Gasteiger partial charge on any atom is -0.497 e. The van der Waals surface area contributed by atoms with E-state index in [1.165, 1.54) is 4.90 Å². The number of aliphatic imine (C=N–C) groups is 1. The first-order chi connectivity index (χ1) is 14.5. The van der Waals surface area contributed by atoms with Gasteiger partial charge in [0.15, 0.2) is 0 Å². The average Bonchev–Trinajstić information content (AvgIpc) is 3.18. The molecule has 0 saturated carbocycles. The van der Waals surface area contributed by atoms with Crippen molar-refractivity contribution < 1.29 is 14.3 Å². The van der Waals surface area contributed by atoms with Gasteiger partial charge in [0.2, 0.25) is 0 Å². The number of nitrogens with zero attached hydrogens (tertiary/aromatic N) is 3. The Morgan fingerprint density at radius 3 is 2.33 bits per heavy atom. The summed E-state index contributed by atoms with van der Waals surface area (Å²) in [5.74, 6) is 0.475. The zero-order chi connectivity index (χ0) is 21.3. The van der Waals surface area contributed by atoms with E-state index < -0.39 is 6.03 Å². The van der Waals surface area contributed by atoms with Crippen molar-refractivity contribution in [2.45, 2.75) is 26.8 Å².